The van der Waals surface area contributed by atoms with Gasteiger partial charge in [-0.2, -0.15) is 0 Å². The number of methoxy groups -OCH3 is 2. The number of anilines is 2. The van der Waals surface area contributed by atoms with Crippen LogP contribution in [0.15, 0.2) is 0 Å². The molecule has 0 aliphatic carbocycles. The van der Waals surface area contributed by atoms with Crippen molar-refractivity contribution in [2.45, 2.75) is 19.9 Å². The molecule has 17 heavy (non-hydrogen) atoms. The molecule has 6 heteroatoms. The largest absolute Gasteiger partial charge is 0.383 e. The predicted octanol–water partition coefficient (Wildman–Crippen LogP) is 0.788. The van der Waals surface area contributed by atoms with E-state index >= 15 is 0 Å². The second kappa shape index (κ2) is 6.46. The van der Waals surface area contributed by atoms with Gasteiger partial charge in [0.05, 0.1) is 19.3 Å². The molecule has 0 aliphatic heterocycles. The fraction of sp³-hybridized carbons (Fsp3) is 0.727. The fourth-order valence-electron chi connectivity index (χ4n) is 1.77. The maximum Gasteiger partial charge on any atom is 0.171 e. The lowest BCUT2D eigenvalue weighted by Crippen LogP contribution is -2.39. The van der Waals surface area contributed by atoms with Crippen LogP contribution in [-0.4, -0.2) is 50.0 Å². The van der Waals surface area contributed by atoms with E-state index in [2.05, 4.69) is 21.8 Å². The van der Waals surface area contributed by atoms with E-state index in [1.165, 1.54) is 0 Å². The molecule has 1 aromatic heterocycles. The van der Waals surface area contributed by atoms with Crippen molar-refractivity contribution in [2.24, 2.45) is 0 Å². The average molecular weight is 242 g/mol. The summed E-state index contributed by atoms with van der Waals surface area (Å²) in [4.78, 5) is 9.49. The van der Waals surface area contributed by atoms with Gasteiger partial charge >= 0.3 is 0 Å². The highest BCUT2D eigenvalue weighted by atomic mass is 16.5. The topological polar surface area (TPSA) is 76.4 Å². The number of nitrogen functional groups attached to an aromatic ring is 1. The molecule has 0 bridgehead atoms. The van der Waals surface area contributed by atoms with E-state index < -0.39 is 0 Å². The first-order chi connectivity index (χ1) is 8.10. The Labute approximate surface area is 102 Å². The van der Waals surface area contributed by atoms with Crippen molar-refractivity contribution < 1.29 is 9.47 Å². The number of nitrogens with one attached hydrogen (secondary N) is 1. The molecule has 0 saturated carbocycles. The molecule has 98 valence electrons. The lowest BCUT2D eigenvalue weighted by molar-refractivity contribution is 0.170. The van der Waals surface area contributed by atoms with Gasteiger partial charge in [0.2, 0.25) is 0 Å². The number of H-pyrrole nitrogens is 1. The van der Waals surface area contributed by atoms with Gasteiger partial charge in [0.1, 0.15) is 11.6 Å². The van der Waals surface area contributed by atoms with Crippen molar-refractivity contribution in [1.82, 2.24) is 9.97 Å². The molecule has 1 unspecified atom stereocenters. The molecule has 3 N–H and O–H groups in total. The SMILES string of the molecule is COCCN(c1nc(C)[nH]c1N)C(C)COC. The zero-order chi connectivity index (χ0) is 12.8. The van der Waals surface area contributed by atoms with Gasteiger partial charge < -0.3 is 25.1 Å². The number of nitrogens with two attached hydrogens (primary N) is 1. The number of nitrogens with zero attached hydrogens (tertiary/aromatic N) is 2. The number of aromatic amines is 1. The Bertz CT molecular complexity index is 340. The van der Waals surface area contributed by atoms with Gasteiger partial charge in [-0.3, -0.25) is 0 Å². The third-order valence-electron chi connectivity index (χ3n) is 2.58. The van der Waals surface area contributed by atoms with Crippen molar-refractivity contribution in [1.29, 1.82) is 0 Å². The summed E-state index contributed by atoms with van der Waals surface area (Å²) >= 11 is 0. The summed E-state index contributed by atoms with van der Waals surface area (Å²) in [6, 6.07) is 0.195. The van der Waals surface area contributed by atoms with E-state index in [4.69, 9.17) is 15.2 Å². The van der Waals surface area contributed by atoms with E-state index in [1.54, 1.807) is 14.2 Å². The molecule has 0 aliphatic rings. The fourth-order valence-corrected chi connectivity index (χ4v) is 1.77. The number of rotatable bonds is 7. The van der Waals surface area contributed by atoms with Crippen LogP contribution in [0, 0.1) is 6.92 Å². The molecule has 0 aromatic carbocycles. The van der Waals surface area contributed by atoms with E-state index in [9.17, 15) is 0 Å². The Morgan fingerprint density at radius 2 is 2.12 bits per heavy atom. The number of imidazole rings is 1. The first-order valence-electron chi connectivity index (χ1n) is 5.66. The Kier molecular flexibility index (Phi) is 5.24. The number of hydrogen-bond donors (Lipinski definition) is 2. The summed E-state index contributed by atoms with van der Waals surface area (Å²) in [6.07, 6.45) is 0. The van der Waals surface area contributed by atoms with Crippen LogP contribution >= 0.6 is 0 Å². The summed E-state index contributed by atoms with van der Waals surface area (Å²) in [5.41, 5.74) is 5.91. The van der Waals surface area contributed by atoms with Crippen LogP contribution in [0.1, 0.15) is 12.7 Å². The lowest BCUT2D eigenvalue weighted by atomic mass is 10.3. The molecule has 0 spiro atoms. The highest BCUT2D eigenvalue weighted by molar-refractivity contribution is 5.59. The molecule has 0 saturated heterocycles. The van der Waals surface area contributed by atoms with E-state index in [0.29, 0.717) is 19.0 Å². The lowest BCUT2D eigenvalue weighted by Gasteiger charge is -2.29. The monoisotopic (exact) mass is 242 g/mol. The highest BCUT2D eigenvalue weighted by Crippen LogP contribution is 2.21. The van der Waals surface area contributed by atoms with Gasteiger partial charge in [0.15, 0.2) is 5.82 Å². The molecule has 1 aromatic rings. The summed E-state index contributed by atoms with van der Waals surface area (Å²) in [5, 5.41) is 0. The molecule has 6 nitrogen and oxygen atoms in total. The van der Waals surface area contributed by atoms with Crippen LogP contribution in [-0.2, 0) is 9.47 Å². The Morgan fingerprint density at radius 3 is 2.59 bits per heavy atom. The summed E-state index contributed by atoms with van der Waals surface area (Å²) < 4.78 is 10.3. The minimum Gasteiger partial charge on any atom is -0.383 e. The molecule has 1 rings (SSSR count). The van der Waals surface area contributed by atoms with Crippen molar-refractivity contribution in [3.8, 4) is 0 Å². The Morgan fingerprint density at radius 1 is 1.41 bits per heavy atom. The van der Waals surface area contributed by atoms with Crippen molar-refractivity contribution in [3.05, 3.63) is 5.82 Å². The van der Waals surface area contributed by atoms with Crippen molar-refractivity contribution in [3.63, 3.8) is 0 Å². The quantitative estimate of drug-likeness (QED) is 0.739. The first-order valence-corrected chi connectivity index (χ1v) is 5.66. The van der Waals surface area contributed by atoms with Crippen LogP contribution < -0.4 is 10.6 Å². The van der Waals surface area contributed by atoms with E-state index in [1.807, 2.05) is 6.92 Å². The van der Waals surface area contributed by atoms with Gasteiger partial charge in [0, 0.05) is 20.8 Å². The second-order valence-corrected chi connectivity index (χ2v) is 4.05. The number of aromatic nitrogens is 2. The summed E-state index contributed by atoms with van der Waals surface area (Å²) in [6.45, 7) is 5.93. The minimum absolute atomic E-state index is 0.195. The molecular formula is C11H22N4O2. The zero-order valence-corrected chi connectivity index (χ0v) is 11.0. The molecule has 1 atom stereocenters. The third-order valence-corrected chi connectivity index (χ3v) is 2.58. The molecular weight excluding hydrogens is 220 g/mol. The number of hydrogen-bond acceptors (Lipinski definition) is 5. The van der Waals surface area contributed by atoms with Crippen LogP contribution in [0.25, 0.3) is 0 Å². The number of ether oxygens (including phenoxy) is 2. The van der Waals surface area contributed by atoms with E-state index in [-0.39, 0.29) is 6.04 Å². The predicted molar refractivity (Wildman–Crippen MR) is 68.3 cm³/mol. The number of aryl methyl sites for hydroxylation is 1. The van der Waals surface area contributed by atoms with Crippen LogP contribution in [0.5, 0.6) is 0 Å². The maximum atomic E-state index is 5.91. The molecule has 0 amide bonds. The Hall–Kier alpha value is -1.27. The van der Waals surface area contributed by atoms with Gasteiger partial charge in [-0.1, -0.05) is 0 Å². The second-order valence-electron chi connectivity index (χ2n) is 4.05. The standard InChI is InChI=1S/C11H22N4O2/c1-8(7-17-4)15(5-6-16-3)11-10(12)13-9(2)14-11/h8H,5-7,12H2,1-4H3,(H,13,14). The smallest absolute Gasteiger partial charge is 0.171 e. The average Bonchev–Trinajstić information content (AvgIpc) is 2.59. The van der Waals surface area contributed by atoms with Crippen molar-refractivity contribution >= 4 is 11.6 Å². The zero-order valence-electron chi connectivity index (χ0n) is 11.0. The third kappa shape index (κ3) is 3.61. The summed E-state index contributed by atoms with van der Waals surface area (Å²) in [5.74, 6) is 2.16. The van der Waals surface area contributed by atoms with E-state index in [0.717, 1.165) is 18.2 Å². The first kappa shape index (κ1) is 13.8. The van der Waals surface area contributed by atoms with Gasteiger partial charge in [0.25, 0.3) is 0 Å². The molecule has 0 radical (unpaired) electrons. The normalized spacial score (nSPS) is 12.7. The van der Waals surface area contributed by atoms with Crippen LogP contribution in [0.4, 0.5) is 11.6 Å². The maximum absolute atomic E-state index is 5.91. The van der Waals surface area contributed by atoms with Crippen LogP contribution in [0.3, 0.4) is 0 Å². The Balaban J connectivity index is 2.84. The molecule has 0 fully saturated rings. The minimum atomic E-state index is 0.195. The highest BCUT2D eigenvalue weighted by Gasteiger charge is 2.19. The van der Waals surface area contributed by atoms with Crippen molar-refractivity contribution in [2.75, 3.05) is 44.6 Å². The van der Waals surface area contributed by atoms with Crippen LogP contribution in [0.2, 0.25) is 0 Å². The van der Waals surface area contributed by atoms with Gasteiger partial charge in [-0.05, 0) is 13.8 Å². The van der Waals surface area contributed by atoms with Gasteiger partial charge in [-0.25, -0.2) is 4.98 Å². The van der Waals surface area contributed by atoms with Gasteiger partial charge in [-0.15, -0.1) is 0 Å². The summed E-state index contributed by atoms with van der Waals surface area (Å²) in [7, 11) is 3.36. The molecule has 1 heterocycles.